The third-order valence-electron chi connectivity index (χ3n) is 8.41. The van der Waals surface area contributed by atoms with Crippen molar-refractivity contribution in [1.82, 2.24) is 14.8 Å². The van der Waals surface area contributed by atoms with E-state index in [-0.39, 0.29) is 65.4 Å². The van der Waals surface area contributed by atoms with Crippen LogP contribution >= 0.6 is 0 Å². The summed E-state index contributed by atoms with van der Waals surface area (Å²) in [5.41, 5.74) is 0.441. The Morgan fingerprint density at radius 1 is 1.14 bits per heavy atom. The maximum Gasteiger partial charge on any atom is 0.314 e. The minimum Gasteiger partial charge on any atom is -0.612 e. The van der Waals surface area contributed by atoms with E-state index in [9.17, 15) is 18.9 Å². The summed E-state index contributed by atoms with van der Waals surface area (Å²) in [7, 11) is 0. The number of anilines is 1. The number of hydrogen-bond acceptors (Lipinski definition) is 7. The zero-order valence-electron chi connectivity index (χ0n) is 28.1. The van der Waals surface area contributed by atoms with Gasteiger partial charge in [-0.15, -0.1) is 0 Å². The second-order valence-electron chi connectivity index (χ2n) is 12.5. The van der Waals surface area contributed by atoms with E-state index in [0.29, 0.717) is 30.0 Å². The van der Waals surface area contributed by atoms with Gasteiger partial charge in [-0.2, -0.15) is 0 Å². The van der Waals surface area contributed by atoms with Gasteiger partial charge in [-0.25, -0.2) is 18.8 Å². The molecule has 258 valence electrons. The predicted octanol–water partition coefficient (Wildman–Crippen LogP) is 5.96. The van der Waals surface area contributed by atoms with Crippen molar-refractivity contribution in [3.05, 3.63) is 77.9 Å². The average Bonchev–Trinajstić information content (AvgIpc) is 3.90. The van der Waals surface area contributed by atoms with Gasteiger partial charge in [-0.3, -0.25) is 14.4 Å². The molecule has 2 aromatic carbocycles. The van der Waals surface area contributed by atoms with E-state index in [4.69, 9.17) is 9.73 Å². The fraction of sp³-hybridized carbons (Fsp3) is 0.361. The molecule has 2 aliphatic rings. The number of nitrogens with one attached hydrogen (secondary N) is 1. The molecular weight excluding hydrogens is 652 g/mol. The summed E-state index contributed by atoms with van der Waals surface area (Å²) < 4.78 is 50.4. The highest BCUT2D eigenvalue weighted by Crippen LogP contribution is 2.39. The number of nitrogens with zero attached hydrogens (tertiary/aromatic N) is 4. The summed E-state index contributed by atoms with van der Waals surface area (Å²) in [5.74, 6) is -3.61. The lowest BCUT2D eigenvalue weighted by Crippen LogP contribution is -2.55. The molecule has 1 N–H and O–H groups in total. The fourth-order valence-corrected chi connectivity index (χ4v) is 6.48. The van der Waals surface area contributed by atoms with E-state index >= 15 is 8.78 Å². The van der Waals surface area contributed by atoms with Crippen molar-refractivity contribution >= 4 is 46.3 Å². The molecule has 2 fully saturated rings. The first-order valence-electron chi connectivity index (χ1n) is 16.0. The highest BCUT2D eigenvalue weighted by atomic mass is 32.2. The average molecular weight is 692 g/mol. The van der Waals surface area contributed by atoms with Crippen LogP contribution in [0.3, 0.4) is 0 Å². The van der Waals surface area contributed by atoms with Gasteiger partial charge >= 0.3 is 5.97 Å². The highest BCUT2D eigenvalue weighted by molar-refractivity contribution is 7.90. The molecular formula is C36H39F2N5O5S. The molecule has 0 spiro atoms. The predicted molar refractivity (Wildman–Crippen MR) is 184 cm³/mol. The summed E-state index contributed by atoms with van der Waals surface area (Å²) in [5, 5.41) is 2.66. The third kappa shape index (κ3) is 7.83. The van der Waals surface area contributed by atoms with E-state index < -0.39 is 40.4 Å². The van der Waals surface area contributed by atoms with Crippen LogP contribution in [0.15, 0.2) is 65.0 Å². The molecule has 1 aliphatic heterocycles. The summed E-state index contributed by atoms with van der Waals surface area (Å²) in [6.07, 6.45) is 4.09. The Labute approximate surface area is 287 Å². The van der Waals surface area contributed by atoms with Crippen LogP contribution in [0.4, 0.5) is 20.3 Å². The number of piperazine rings is 1. The van der Waals surface area contributed by atoms with Crippen LogP contribution < -0.4 is 10.1 Å². The topological polar surface area (TPSA) is 127 Å². The standard InChI is InChI=1S/C36H39F2N5O5S/c1-7-30(45)42-16-17-43(21(4)19-42)35(41-32-24(20(2)3)10-8-13-29(32)49(6)47)25-18-27(38)33(40-34(25)39-22(5)44)31-26(37)11-9-12-28(31)48-36(46)23-14-15-23/h7-13,18,20-21,23H,1,14-17,19H2,2-6H3,(H,39,40,44)/b41-35+. The Morgan fingerprint density at radius 3 is 2.47 bits per heavy atom. The van der Waals surface area contributed by atoms with E-state index in [2.05, 4.69) is 16.9 Å². The Hall–Kier alpha value is -4.62. The van der Waals surface area contributed by atoms with Crippen LogP contribution in [0.1, 0.15) is 57.6 Å². The molecule has 13 heteroatoms. The molecule has 1 saturated heterocycles. The quantitative estimate of drug-likeness (QED) is 0.0733. The SMILES string of the molecule is C=CC(=O)N1CCN(/C(=N/c2c(C(C)C)cccc2[S+](C)[O-])c2cc(F)c(-c3c(F)cccc3OC(=O)C3CC3)nc2NC(C)=O)C(C)C1. The van der Waals surface area contributed by atoms with Crippen LogP contribution in [0, 0.1) is 17.6 Å². The van der Waals surface area contributed by atoms with Gasteiger partial charge in [-0.05, 0) is 72.8 Å². The van der Waals surface area contributed by atoms with Gasteiger partial charge in [-0.1, -0.05) is 38.6 Å². The lowest BCUT2D eigenvalue weighted by Gasteiger charge is -2.41. The van der Waals surface area contributed by atoms with Gasteiger partial charge in [0.25, 0.3) is 0 Å². The molecule has 0 radical (unpaired) electrons. The molecule has 2 heterocycles. The maximum absolute atomic E-state index is 16.4. The maximum atomic E-state index is 16.4. The zero-order valence-corrected chi connectivity index (χ0v) is 28.9. The van der Waals surface area contributed by atoms with Gasteiger partial charge in [0.15, 0.2) is 10.7 Å². The number of halogens is 2. The number of amidine groups is 1. The van der Waals surface area contributed by atoms with Crippen molar-refractivity contribution in [3.8, 4) is 17.0 Å². The normalized spacial score (nSPS) is 17.2. The smallest absolute Gasteiger partial charge is 0.314 e. The first-order chi connectivity index (χ1) is 23.3. The van der Waals surface area contributed by atoms with Crippen LogP contribution in [-0.4, -0.2) is 74.9 Å². The first-order valence-corrected chi connectivity index (χ1v) is 17.6. The van der Waals surface area contributed by atoms with E-state index in [1.54, 1.807) is 23.3 Å². The number of ether oxygens (including phenoxy) is 1. The van der Waals surface area contributed by atoms with Crippen molar-refractivity contribution < 1.29 is 32.5 Å². The number of aliphatic imine (C=N–C) groups is 1. The number of esters is 1. The number of benzene rings is 2. The van der Waals surface area contributed by atoms with Gasteiger partial charge < -0.3 is 24.4 Å². The minimum atomic E-state index is -1.46. The molecule has 10 nitrogen and oxygen atoms in total. The Balaban J connectivity index is 1.75. The summed E-state index contributed by atoms with van der Waals surface area (Å²) >= 11 is -1.46. The number of aromatic nitrogens is 1. The Kier molecular flexibility index (Phi) is 10.8. The van der Waals surface area contributed by atoms with E-state index in [1.165, 1.54) is 25.1 Å². The molecule has 2 unspecified atom stereocenters. The Morgan fingerprint density at radius 2 is 1.86 bits per heavy atom. The van der Waals surface area contributed by atoms with Crippen LogP contribution in [0.2, 0.25) is 0 Å². The number of carbonyl (C=O) groups is 3. The number of pyridine rings is 1. The van der Waals surface area contributed by atoms with Crippen molar-refractivity contribution in [1.29, 1.82) is 0 Å². The summed E-state index contributed by atoms with van der Waals surface area (Å²) in [6.45, 7) is 11.5. The number of carbonyl (C=O) groups excluding carboxylic acids is 3. The first kappa shape index (κ1) is 35.7. The van der Waals surface area contributed by atoms with Gasteiger partial charge in [0, 0.05) is 32.6 Å². The molecule has 3 aromatic rings. The van der Waals surface area contributed by atoms with Gasteiger partial charge in [0.2, 0.25) is 11.8 Å². The lowest BCUT2D eigenvalue weighted by molar-refractivity contribution is -0.135. The number of rotatable bonds is 9. The molecule has 0 bridgehead atoms. The zero-order chi connectivity index (χ0) is 35.6. The molecule has 1 aromatic heterocycles. The third-order valence-corrected chi connectivity index (χ3v) is 9.36. The Bertz CT molecular complexity index is 1800. The largest absolute Gasteiger partial charge is 0.612 e. The van der Waals surface area contributed by atoms with Crippen molar-refractivity contribution in [2.75, 3.05) is 31.2 Å². The molecule has 1 saturated carbocycles. The number of hydrogen-bond donors (Lipinski definition) is 1. The van der Waals surface area contributed by atoms with Crippen molar-refractivity contribution in [3.63, 3.8) is 0 Å². The number of para-hydroxylation sites is 1. The van der Waals surface area contributed by atoms with Crippen molar-refractivity contribution in [2.45, 2.75) is 57.4 Å². The highest BCUT2D eigenvalue weighted by Gasteiger charge is 2.35. The number of amides is 2. The molecule has 2 atom stereocenters. The van der Waals surface area contributed by atoms with Crippen LogP contribution in [-0.2, 0) is 25.6 Å². The monoisotopic (exact) mass is 691 g/mol. The van der Waals surface area contributed by atoms with Gasteiger partial charge in [0.05, 0.1) is 17.0 Å². The molecule has 2 amide bonds. The van der Waals surface area contributed by atoms with Crippen LogP contribution in [0.5, 0.6) is 5.75 Å². The van der Waals surface area contributed by atoms with E-state index in [0.717, 1.165) is 17.7 Å². The van der Waals surface area contributed by atoms with E-state index in [1.807, 2.05) is 31.7 Å². The minimum absolute atomic E-state index is 0.0344. The van der Waals surface area contributed by atoms with Crippen molar-refractivity contribution in [2.24, 2.45) is 10.9 Å². The molecule has 1 aliphatic carbocycles. The molecule has 49 heavy (non-hydrogen) atoms. The second-order valence-corrected chi connectivity index (χ2v) is 13.8. The summed E-state index contributed by atoms with van der Waals surface area (Å²) in [6, 6.07) is 9.95. The fourth-order valence-electron chi connectivity index (χ4n) is 5.77. The molecule has 5 rings (SSSR count). The summed E-state index contributed by atoms with van der Waals surface area (Å²) in [4.78, 5) is 51.1. The lowest BCUT2D eigenvalue weighted by atomic mass is 10.0. The van der Waals surface area contributed by atoms with Gasteiger partial charge in [0.1, 0.15) is 40.9 Å². The van der Waals surface area contributed by atoms with Crippen LogP contribution in [0.25, 0.3) is 11.3 Å². The second kappa shape index (κ2) is 14.9.